The van der Waals surface area contributed by atoms with E-state index in [4.69, 9.17) is 0 Å². The summed E-state index contributed by atoms with van der Waals surface area (Å²) < 4.78 is 0. The zero-order chi connectivity index (χ0) is 10.9. The summed E-state index contributed by atoms with van der Waals surface area (Å²) in [6.07, 6.45) is 11.2. The van der Waals surface area contributed by atoms with Crippen molar-refractivity contribution in [2.75, 3.05) is 5.75 Å². The highest BCUT2D eigenvalue weighted by Crippen LogP contribution is 2.25. The van der Waals surface area contributed by atoms with E-state index in [1.165, 1.54) is 51.4 Å². The van der Waals surface area contributed by atoms with Crippen LogP contribution in [0.15, 0.2) is 0 Å². The molecule has 0 spiro atoms. The van der Waals surface area contributed by atoms with Gasteiger partial charge in [0.1, 0.15) is 0 Å². The zero-order valence-electron chi connectivity index (χ0n) is 10.3. The van der Waals surface area contributed by atoms with Gasteiger partial charge in [0.25, 0.3) is 0 Å². The van der Waals surface area contributed by atoms with Crippen molar-refractivity contribution in [1.82, 2.24) is 0 Å². The van der Waals surface area contributed by atoms with E-state index in [0.29, 0.717) is 5.41 Å². The molecule has 0 aliphatic heterocycles. The minimum Gasteiger partial charge on any atom is -0.179 e. The molecule has 0 heterocycles. The second-order valence-electron chi connectivity index (χ2n) is 5.19. The molecule has 0 rings (SSSR count). The lowest BCUT2D eigenvalue weighted by Crippen LogP contribution is -2.12. The summed E-state index contributed by atoms with van der Waals surface area (Å²) in [5.74, 6) is 1.02. The number of hydrogen-bond donors (Lipinski definition) is 1. The molecule has 0 atom stereocenters. The van der Waals surface area contributed by atoms with Crippen LogP contribution in [0.2, 0.25) is 0 Å². The summed E-state index contributed by atoms with van der Waals surface area (Å²) in [6.45, 7) is 6.91. The van der Waals surface area contributed by atoms with Crippen LogP contribution in [-0.2, 0) is 0 Å². The highest BCUT2D eigenvalue weighted by Gasteiger charge is 2.14. The molecule has 0 aromatic carbocycles. The molecule has 0 nitrogen and oxygen atoms in total. The summed E-state index contributed by atoms with van der Waals surface area (Å²) >= 11 is 4.37. The molecule has 0 N–H and O–H groups in total. The van der Waals surface area contributed by atoms with E-state index in [9.17, 15) is 0 Å². The van der Waals surface area contributed by atoms with Crippen molar-refractivity contribution in [3.63, 3.8) is 0 Å². The zero-order valence-corrected chi connectivity index (χ0v) is 11.2. The third-order valence-electron chi connectivity index (χ3n) is 2.89. The Kier molecular flexibility index (Phi) is 8.86. The molecule has 0 bridgehead atoms. The van der Waals surface area contributed by atoms with Gasteiger partial charge >= 0.3 is 0 Å². The van der Waals surface area contributed by atoms with Crippen molar-refractivity contribution in [1.29, 1.82) is 0 Å². The van der Waals surface area contributed by atoms with Gasteiger partial charge in [-0.05, 0) is 17.6 Å². The second-order valence-corrected chi connectivity index (χ2v) is 5.51. The first kappa shape index (κ1) is 14.3. The molecule has 0 saturated carbocycles. The monoisotopic (exact) mass is 216 g/mol. The van der Waals surface area contributed by atoms with Crippen molar-refractivity contribution in [2.24, 2.45) is 5.41 Å². The van der Waals surface area contributed by atoms with Crippen LogP contribution in [0.25, 0.3) is 0 Å². The third-order valence-corrected chi connectivity index (χ3v) is 3.74. The number of rotatable bonds is 9. The fraction of sp³-hybridized carbons (Fsp3) is 1.00. The molecule has 14 heavy (non-hydrogen) atoms. The Labute approximate surface area is 96.3 Å². The molecule has 0 aliphatic rings. The maximum atomic E-state index is 4.37. The van der Waals surface area contributed by atoms with Crippen LogP contribution in [0.3, 0.4) is 0 Å². The van der Waals surface area contributed by atoms with Crippen LogP contribution < -0.4 is 0 Å². The van der Waals surface area contributed by atoms with E-state index in [2.05, 4.69) is 33.4 Å². The predicted molar refractivity (Wildman–Crippen MR) is 70.2 cm³/mol. The van der Waals surface area contributed by atoms with Gasteiger partial charge in [0.15, 0.2) is 0 Å². The first-order valence-electron chi connectivity index (χ1n) is 6.23. The number of thiol groups is 1. The van der Waals surface area contributed by atoms with Gasteiger partial charge in [-0.3, -0.25) is 0 Å². The largest absolute Gasteiger partial charge is 0.179 e. The van der Waals surface area contributed by atoms with E-state index in [1.54, 1.807) is 0 Å². The summed E-state index contributed by atoms with van der Waals surface area (Å²) in [7, 11) is 0. The van der Waals surface area contributed by atoms with E-state index in [0.717, 1.165) is 5.75 Å². The lowest BCUT2D eigenvalue weighted by atomic mass is 9.89. The third kappa shape index (κ3) is 8.93. The molecule has 0 radical (unpaired) electrons. The van der Waals surface area contributed by atoms with Crippen LogP contribution in [-0.4, -0.2) is 5.75 Å². The fourth-order valence-corrected chi connectivity index (χ4v) is 1.80. The van der Waals surface area contributed by atoms with Crippen molar-refractivity contribution >= 4 is 12.6 Å². The van der Waals surface area contributed by atoms with Crippen LogP contribution >= 0.6 is 12.6 Å². The Hall–Kier alpha value is 0.350. The molecule has 0 aliphatic carbocycles. The van der Waals surface area contributed by atoms with Gasteiger partial charge in [-0.1, -0.05) is 65.7 Å². The van der Waals surface area contributed by atoms with Crippen molar-refractivity contribution in [3.05, 3.63) is 0 Å². The molecule has 0 unspecified atom stereocenters. The van der Waals surface area contributed by atoms with Gasteiger partial charge < -0.3 is 0 Å². The van der Waals surface area contributed by atoms with Crippen LogP contribution in [0.4, 0.5) is 0 Å². The maximum absolute atomic E-state index is 4.37. The minimum atomic E-state index is 0.451. The molecule has 0 amide bonds. The van der Waals surface area contributed by atoms with Gasteiger partial charge in [0.2, 0.25) is 0 Å². The summed E-state index contributed by atoms with van der Waals surface area (Å²) in [5.41, 5.74) is 0.451. The van der Waals surface area contributed by atoms with E-state index in [1.807, 2.05) is 0 Å². The summed E-state index contributed by atoms with van der Waals surface area (Å²) in [5, 5.41) is 0. The Morgan fingerprint density at radius 3 is 1.86 bits per heavy atom. The van der Waals surface area contributed by atoms with Crippen LogP contribution in [0.1, 0.15) is 72.1 Å². The van der Waals surface area contributed by atoms with Crippen molar-refractivity contribution in [3.8, 4) is 0 Å². The van der Waals surface area contributed by atoms with Gasteiger partial charge in [-0.2, -0.15) is 12.6 Å². The molecule has 1 heteroatoms. The molecular weight excluding hydrogens is 188 g/mol. The van der Waals surface area contributed by atoms with Gasteiger partial charge in [-0.25, -0.2) is 0 Å². The average molecular weight is 216 g/mol. The van der Waals surface area contributed by atoms with E-state index in [-0.39, 0.29) is 0 Å². The Bertz CT molecular complexity index is 118. The van der Waals surface area contributed by atoms with Crippen molar-refractivity contribution in [2.45, 2.75) is 72.1 Å². The lowest BCUT2D eigenvalue weighted by molar-refractivity contribution is 0.365. The Balaban J connectivity index is 3.13. The SMILES string of the molecule is CCCCCCCCCC(C)(C)CS. The van der Waals surface area contributed by atoms with E-state index >= 15 is 0 Å². The first-order valence-corrected chi connectivity index (χ1v) is 6.86. The molecule has 0 saturated heterocycles. The Morgan fingerprint density at radius 1 is 0.857 bits per heavy atom. The predicted octanol–water partition coefficient (Wildman–Crippen LogP) is 5.08. The first-order chi connectivity index (χ1) is 6.62. The minimum absolute atomic E-state index is 0.451. The van der Waals surface area contributed by atoms with E-state index < -0.39 is 0 Å². The van der Waals surface area contributed by atoms with Crippen LogP contribution in [0.5, 0.6) is 0 Å². The second kappa shape index (κ2) is 8.64. The molecule has 0 fully saturated rings. The summed E-state index contributed by atoms with van der Waals surface area (Å²) in [6, 6.07) is 0. The molecular formula is C13H28S. The van der Waals surface area contributed by atoms with Crippen LogP contribution in [0, 0.1) is 5.41 Å². The molecule has 0 aromatic rings. The van der Waals surface area contributed by atoms with Gasteiger partial charge in [0, 0.05) is 0 Å². The smallest absolute Gasteiger partial charge is 0.00464 e. The normalized spacial score (nSPS) is 12.0. The highest BCUT2D eigenvalue weighted by atomic mass is 32.1. The standard InChI is InChI=1S/C13H28S/c1-4-5-6-7-8-9-10-11-13(2,3)12-14/h14H,4-12H2,1-3H3. The van der Waals surface area contributed by atoms with Gasteiger partial charge in [-0.15, -0.1) is 0 Å². The summed E-state index contributed by atoms with van der Waals surface area (Å²) in [4.78, 5) is 0. The quantitative estimate of drug-likeness (QED) is 0.403. The Morgan fingerprint density at radius 2 is 1.36 bits per heavy atom. The maximum Gasteiger partial charge on any atom is -0.00464 e. The number of unbranched alkanes of at least 4 members (excludes halogenated alkanes) is 6. The number of hydrogen-bond acceptors (Lipinski definition) is 1. The fourth-order valence-electron chi connectivity index (χ4n) is 1.64. The lowest BCUT2D eigenvalue weighted by Gasteiger charge is -2.21. The molecule has 0 aromatic heterocycles. The van der Waals surface area contributed by atoms with Gasteiger partial charge in [0.05, 0.1) is 0 Å². The topological polar surface area (TPSA) is 0 Å². The highest BCUT2D eigenvalue weighted by molar-refractivity contribution is 7.80. The average Bonchev–Trinajstić information content (AvgIpc) is 2.16. The van der Waals surface area contributed by atoms with Crippen molar-refractivity contribution < 1.29 is 0 Å². The molecule has 86 valence electrons.